The summed E-state index contributed by atoms with van der Waals surface area (Å²) in [5, 5.41) is 0. The van der Waals surface area contributed by atoms with Crippen LogP contribution in [-0.4, -0.2) is 50.5 Å². The molecule has 3 unspecified atom stereocenters. The predicted molar refractivity (Wildman–Crippen MR) is 62.5 cm³/mol. The summed E-state index contributed by atoms with van der Waals surface area (Å²) >= 11 is 0. The lowest BCUT2D eigenvalue weighted by atomic mass is 10.0. The van der Waals surface area contributed by atoms with E-state index in [1.165, 1.54) is 0 Å². The van der Waals surface area contributed by atoms with Crippen LogP contribution in [0.3, 0.4) is 0 Å². The Hall–Kier alpha value is -0.130. The van der Waals surface area contributed by atoms with E-state index in [2.05, 4.69) is 18.7 Å². The van der Waals surface area contributed by atoms with Crippen LogP contribution in [0.4, 0.5) is 0 Å². The van der Waals surface area contributed by atoms with Crippen molar-refractivity contribution in [3.8, 4) is 0 Å². The molecule has 0 aromatic heterocycles. The summed E-state index contributed by atoms with van der Waals surface area (Å²) in [5.41, 5.74) is 5.62. The van der Waals surface area contributed by atoms with Crippen LogP contribution >= 0.6 is 0 Å². The highest BCUT2D eigenvalue weighted by atomic mass is 32.2. The molecule has 1 aliphatic rings. The molecule has 0 aromatic rings. The summed E-state index contributed by atoms with van der Waals surface area (Å²) in [7, 11) is -0.777. The third kappa shape index (κ3) is 3.16. The van der Waals surface area contributed by atoms with Gasteiger partial charge in [-0.05, 0) is 32.9 Å². The standard InChI is InChI=1S/C10H22N2O2S/c1-8(6-11)9(2)12(3)10-4-5-15(13,14)7-10/h8-10H,4-7,11H2,1-3H3. The summed E-state index contributed by atoms with van der Waals surface area (Å²) in [6.45, 7) is 4.86. The van der Waals surface area contributed by atoms with Gasteiger partial charge >= 0.3 is 0 Å². The molecule has 1 saturated heterocycles. The normalized spacial score (nSPS) is 29.3. The summed E-state index contributed by atoms with van der Waals surface area (Å²) in [6.07, 6.45) is 0.764. The van der Waals surface area contributed by atoms with E-state index in [4.69, 9.17) is 5.73 Å². The highest BCUT2D eigenvalue weighted by Gasteiger charge is 2.33. The molecule has 1 rings (SSSR count). The van der Waals surface area contributed by atoms with Crippen LogP contribution in [0.25, 0.3) is 0 Å². The summed E-state index contributed by atoms with van der Waals surface area (Å²) in [5.74, 6) is 1.05. The zero-order valence-electron chi connectivity index (χ0n) is 9.81. The van der Waals surface area contributed by atoms with Gasteiger partial charge in [-0.15, -0.1) is 0 Å². The van der Waals surface area contributed by atoms with E-state index in [9.17, 15) is 8.42 Å². The van der Waals surface area contributed by atoms with Crippen LogP contribution in [0, 0.1) is 5.92 Å². The minimum absolute atomic E-state index is 0.180. The Labute approximate surface area is 92.7 Å². The first-order valence-electron chi connectivity index (χ1n) is 5.50. The number of nitrogens with two attached hydrogens (primary N) is 1. The lowest BCUT2D eigenvalue weighted by Gasteiger charge is -2.33. The summed E-state index contributed by atoms with van der Waals surface area (Å²) < 4.78 is 22.7. The quantitative estimate of drug-likeness (QED) is 0.749. The third-order valence-corrected chi connectivity index (χ3v) is 5.37. The smallest absolute Gasteiger partial charge is 0.151 e. The average molecular weight is 234 g/mol. The van der Waals surface area contributed by atoms with Crippen LogP contribution < -0.4 is 5.73 Å². The fourth-order valence-electron chi connectivity index (χ4n) is 2.03. The molecule has 90 valence electrons. The number of hydrogen-bond acceptors (Lipinski definition) is 4. The maximum absolute atomic E-state index is 11.4. The summed E-state index contributed by atoms with van der Waals surface area (Å²) in [4.78, 5) is 2.17. The van der Waals surface area contributed by atoms with Crippen LogP contribution in [0.2, 0.25) is 0 Å². The van der Waals surface area contributed by atoms with Gasteiger partial charge in [-0.1, -0.05) is 6.92 Å². The highest BCUT2D eigenvalue weighted by Crippen LogP contribution is 2.20. The molecule has 0 bridgehead atoms. The lowest BCUT2D eigenvalue weighted by Crippen LogP contribution is -2.44. The van der Waals surface area contributed by atoms with Crippen molar-refractivity contribution in [2.75, 3.05) is 25.1 Å². The van der Waals surface area contributed by atoms with Crippen LogP contribution in [0.15, 0.2) is 0 Å². The Kier molecular flexibility index (Phi) is 4.14. The molecule has 0 amide bonds. The van der Waals surface area contributed by atoms with E-state index in [0.29, 0.717) is 30.0 Å². The minimum Gasteiger partial charge on any atom is -0.330 e. The van der Waals surface area contributed by atoms with Gasteiger partial charge in [-0.25, -0.2) is 8.42 Å². The van der Waals surface area contributed by atoms with E-state index in [1.54, 1.807) is 0 Å². The van der Waals surface area contributed by atoms with E-state index in [-0.39, 0.29) is 6.04 Å². The van der Waals surface area contributed by atoms with E-state index < -0.39 is 9.84 Å². The minimum atomic E-state index is -2.78. The number of rotatable bonds is 4. The molecular formula is C10H22N2O2S. The molecule has 3 atom stereocenters. The molecule has 1 heterocycles. The molecule has 1 aliphatic heterocycles. The van der Waals surface area contributed by atoms with Gasteiger partial charge in [0.05, 0.1) is 11.5 Å². The van der Waals surface area contributed by atoms with Crippen molar-refractivity contribution in [1.29, 1.82) is 0 Å². The Morgan fingerprint density at radius 3 is 2.47 bits per heavy atom. The first-order valence-corrected chi connectivity index (χ1v) is 7.32. The first-order chi connectivity index (χ1) is 6.87. The molecule has 5 heteroatoms. The van der Waals surface area contributed by atoms with Gasteiger partial charge < -0.3 is 5.73 Å². The molecule has 0 radical (unpaired) electrons. The lowest BCUT2D eigenvalue weighted by molar-refractivity contribution is 0.156. The Morgan fingerprint density at radius 1 is 1.47 bits per heavy atom. The number of sulfone groups is 1. The molecule has 0 spiro atoms. The van der Waals surface area contributed by atoms with Crippen LogP contribution in [-0.2, 0) is 9.84 Å². The number of nitrogens with zero attached hydrogens (tertiary/aromatic N) is 1. The van der Waals surface area contributed by atoms with Crippen molar-refractivity contribution in [2.45, 2.75) is 32.4 Å². The van der Waals surface area contributed by atoms with Crippen LogP contribution in [0.5, 0.6) is 0 Å². The van der Waals surface area contributed by atoms with Crippen LogP contribution in [0.1, 0.15) is 20.3 Å². The molecule has 1 fully saturated rings. The van der Waals surface area contributed by atoms with E-state index >= 15 is 0 Å². The fourth-order valence-corrected chi connectivity index (χ4v) is 3.81. The zero-order chi connectivity index (χ0) is 11.6. The topological polar surface area (TPSA) is 63.4 Å². The molecule has 2 N–H and O–H groups in total. The number of hydrogen-bond donors (Lipinski definition) is 1. The van der Waals surface area contributed by atoms with E-state index in [0.717, 1.165) is 6.42 Å². The van der Waals surface area contributed by atoms with Gasteiger partial charge in [0.2, 0.25) is 0 Å². The molecule has 0 aliphatic carbocycles. The Morgan fingerprint density at radius 2 is 2.07 bits per heavy atom. The second kappa shape index (κ2) is 4.80. The Balaban J connectivity index is 2.58. The maximum Gasteiger partial charge on any atom is 0.151 e. The fraction of sp³-hybridized carbons (Fsp3) is 1.00. The highest BCUT2D eigenvalue weighted by molar-refractivity contribution is 7.91. The molecular weight excluding hydrogens is 212 g/mol. The molecule has 4 nitrogen and oxygen atoms in total. The van der Waals surface area contributed by atoms with Gasteiger partial charge in [-0.2, -0.15) is 0 Å². The summed E-state index contributed by atoms with van der Waals surface area (Å²) in [6, 6.07) is 0.521. The first kappa shape index (κ1) is 12.9. The third-order valence-electron chi connectivity index (χ3n) is 3.62. The predicted octanol–water partition coefficient (Wildman–Crippen LogP) is 0.0886. The van der Waals surface area contributed by atoms with Crippen molar-refractivity contribution >= 4 is 9.84 Å². The maximum atomic E-state index is 11.4. The van der Waals surface area contributed by atoms with Crippen molar-refractivity contribution in [1.82, 2.24) is 4.90 Å². The van der Waals surface area contributed by atoms with Gasteiger partial charge in [0, 0.05) is 12.1 Å². The SMILES string of the molecule is CC(CN)C(C)N(C)C1CCS(=O)(=O)C1. The monoisotopic (exact) mass is 234 g/mol. The molecule has 0 aromatic carbocycles. The second-order valence-corrected chi connectivity index (χ2v) is 6.90. The van der Waals surface area contributed by atoms with E-state index in [1.807, 2.05) is 7.05 Å². The van der Waals surface area contributed by atoms with Gasteiger partial charge in [-0.3, -0.25) is 4.90 Å². The second-order valence-electron chi connectivity index (χ2n) is 4.68. The van der Waals surface area contributed by atoms with Gasteiger partial charge in [0.15, 0.2) is 9.84 Å². The van der Waals surface area contributed by atoms with Gasteiger partial charge in [0.1, 0.15) is 0 Å². The van der Waals surface area contributed by atoms with Crippen molar-refractivity contribution < 1.29 is 8.42 Å². The zero-order valence-corrected chi connectivity index (χ0v) is 10.6. The molecule has 0 saturated carbocycles. The average Bonchev–Trinajstić information content (AvgIpc) is 2.55. The Bertz CT molecular complexity index is 303. The molecule has 15 heavy (non-hydrogen) atoms. The van der Waals surface area contributed by atoms with Crippen molar-refractivity contribution in [2.24, 2.45) is 11.7 Å². The van der Waals surface area contributed by atoms with Crippen molar-refractivity contribution in [3.05, 3.63) is 0 Å². The van der Waals surface area contributed by atoms with Crippen molar-refractivity contribution in [3.63, 3.8) is 0 Å². The van der Waals surface area contributed by atoms with Gasteiger partial charge in [0.25, 0.3) is 0 Å². The largest absolute Gasteiger partial charge is 0.330 e.